The molecule has 3 heterocycles. The number of aryl methyl sites for hydroxylation is 1. The van der Waals surface area contributed by atoms with Crippen molar-refractivity contribution in [1.82, 2.24) is 9.40 Å². The quantitative estimate of drug-likeness (QED) is 0.393. The molecule has 0 fully saturated rings. The Labute approximate surface area is 184 Å². The van der Waals surface area contributed by atoms with E-state index in [2.05, 4.69) is 10.1 Å². The molecule has 0 aliphatic carbocycles. The van der Waals surface area contributed by atoms with Crippen LogP contribution in [0.1, 0.15) is 29.3 Å². The molecule has 1 aliphatic heterocycles. The number of aromatic nitrogens is 1. The van der Waals surface area contributed by atoms with Gasteiger partial charge in [0, 0.05) is 17.4 Å². The number of hydrazone groups is 1. The number of sulfonamides is 1. The molecular formula is C23H18ClN3O3S. The van der Waals surface area contributed by atoms with Crippen molar-refractivity contribution in [2.75, 3.05) is 0 Å². The number of rotatable bonds is 4. The van der Waals surface area contributed by atoms with Gasteiger partial charge in [-0.1, -0.05) is 48.0 Å². The molecule has 5 rings (SSSR count). The predicted molar refractivity (Wildman–Crippen MR) is 120 cm³/mol. The van der Waals surface area contributed by atoms with E-state index in [1.165, 1.54) is 6.26 Å². The second-order valence-corrected chi connectivity index (χ2v) is 9.50. The summed E-state index contributed by atoms with van der Waals surface area (Å²) in [5.74, 6) is 0.525. The zero-order valence-electron chi connectivity index (χ0n) is 16.6. The van der Waals surface area contributed by atoms with Gasteiger partial charge in [0.1, 0.15) is 16.6 Å². The van der Waals surface area contributed by atoms with Crippen LogP contribution in [0.15, 0.2) is 87.4 Å². The Morgan fingerprint density at radius 3 is 2.61 bits per heavy atom. The maximum Gasteiger partial charge on any atom is 0.279 e. The fourth-order valence-electron chi connectivity index (χ4n) is 3.81. The van der Waals surface area contributed by atoms with Gasteiger partial charge in [-0.15, -0.1) is 0 Å². The molecule has 0 bridgehead atoms. The van der Waals surface area contributed by atoms with E-state index in [4.69, 9.17) is 16.0 Å². The van der Waals surface area contributed by atoms with Crippen molar-refractivity contribution in [3.05, 3.63) is 95.0 Å². The van der Waals surface area contributed by atoms with Gasteiger partial charge in [-0.25, -0.2) is 4.98 Å². The van der Waals surface area contributed by atoms with E-state index in [0.717, 1.165) is 20.9 Å². The van der Waals surface area contributed by atoms with Crippen molar-refractivity contribution in [2.45, 2.75) is 24.3 Å². The Kier molecular flexibility index (Phi) is 4.79. The Morgan fingerprint density at radius 2 is 1.87 bits per heavy atom. The Morgan fingerprint density at radius 1 is 1.06 bits per heavy atom. The van der Waals surface area contributed by atoms with Crippen LogP contribution in [0, 0.1) is 6.92 Å². The summed E-state index contributed by atoms with van der Waals surface area (Å²) in [5.41, 5.74) is 2.93. The standard InChI is InChI=1S/C23H18ClN3O3S/c1-15-7-5-8-16-13-18(23(24)25-22(15)16)20-14-19(21-11-6-12-30-21)26-27(20)31(28,29)17-9-3-2-4-10-17/h2-13,20H,14H2,1H3/t20-/m1/s1. The summed E-state index contributed by atoms with van der Waals surface area (Å²) in [6.45, 7) is 1.96. The molecule has 6 nitrogen and oxygen atoms in total. The molecule has 0 unspecified atom stereocenters. The smallest absolute Gasteiger partial charge is 0.279 e. The van der Waals surface area contributed by atoms with Crippen molar-refractivity contribution in [1.29, 1.82) is 0 Å². The molecule has 1 atom stereocenters. The van der Waals surface area contributed by atoms with Crippen molar-refractivity contribution in [2.24, 2.45) is 5.10 Å². The first-order chi connectivity index (χ1) is 14.9. The average Bonchev–Trinajstić information content (AvgIpc) is 3.45. The van der Waals surface area contributed by atoms with Crippen LogP contribution in [0.25, 0.3) is 10.9 Å². The van der Waals surface area contributed by atoms with E-state index < -0.39 is 16.1 Å². The van der Waals surface area contributed by atoms with Crippen molar-refractivity contribution < 1.29 is 12.8 Å². The molecular weight excluding hydrogens is 434 g/mol. The SMILES string of the molecule is Cc1cccc2cc([C@H]3CC(c4ccco4)=NN3S(=O)(=O)c3ccccc3)c(Cl)nc12. The molecule has 0 N–H and O–H groups in total. The van der Waals surface area contributed by atoms with Crippen molar-refractivity contribution in [3.8, 4) is 0 Å². The molecule has 156 valence electrons. The van der Waals surface area contributed by atoms with Gasteiger partial charge in [-0.05, 0) is 42.8 Å². The number of hydrogen-bond donors (Lipinski definition) is 0. The van der Waals surface area contributed by atoms with E-state index in [0.29, 0.717) is 23.5 Å². The van der Waals surface area contributed by atoms with Crippen LogP contribution in [0.3, 0.4) is 0 Å². The highest BCUT2D eigenvalue weighted by atomic mass is 35.5. The molecule has 31 heavy (non-hydrogen) atoms. The van der Waals surface area contributed by atoms with Crippen LogP contribution in [0.4, 0.5) is 0 Å². The lowest BCUT2D eigenvalue weighted by atomic mass is 10.0. The zero-order valence-corrected chi connectivity index (χ0v) is 18.1. The zero-order chi connectivity index (χ0) is 21.6. The van der Waals surface area contributed by atoms with E-state index in [9.17, 15) is 8.42 Å². The number of para-hydroxylation sites is 1. The fourth-order valence-corrected chi connectivity index (χ4v) is 5.52. The normalized spacial score (nSPS) is 16.6. The lowest BCUT2D eigenvalue weighted by Crippen LogP contribution is -2.27. The van der Waals surface area contributed by atoms with Gasteiger partial charge in [0.25, 0.3) is 10.0 Å². The highest BCUT2D eigenvalue weighted by Crippen LogP contribution is 2.40. The first-order valence-corrected chi connectivity index (χ1v) is 11.5. The third-order valence-electron chi connectivity index (χ3n) is 5.35. The van der Waals surface area contributed by atoms with Crippen LogP contribution >= 0.6 is 11.6 Å². The molecule has 0 amide bonds. The van der Waals surface area contributed by atoms with Crippen LogP contribution in [0.2, 0.25) is 5.15 Å². The van der Waals surface area contributed by atoms with Crippen molar-refractivity contribution >= 4 is 38.2 Å². The number of fused-ring (bicyclic) bond motifs is 1. The molecule has 2 aromatic carbocycles. The van der Waals surface area contributed by atoms with Crippen LogP contribution in [0.5, 0.6) is 0 Å². The van der Waals surface area contributed by atoms with Crippen LogP contribution in [-0.2, 0) is 10.0 Å². The molecule has 0 radical (unpaired) electrons. The van der Waals surface area contributed by atoms with Crippen LogP contribution < -0.4 is 0 Å². The lowest BCUT2D eigenvalue weighted by Gasteiger charge is -2.24. The number of pyridine rings is 1. The maximum atomic E-state index is 13.5. The number of furan rings is 1. The first kappa shape index (κ1) is 19.8. The van der Waals surface area contributed by atoms with Gasteiger partial charge < -0.3 is 4.42 Å². The summed E-state index contributed by atoms with van der Waals surface area (Å²) in [5, 5.41) is 5.61. The lowest BCUT2D eigenvalue weighted by molar-refractivity contribution is 0.371. The monoisotopic (exact) mass is 451 g/mol. The fraction of sp³-hybridized carbons (Fsp3) is 0.130. The molecule has 2 aromatic heterocycles. The van der Waals surface area contributed by atoms with E-state index in [1.54, 1.807) is 42.5 Å². The van der Waals surface area contributed by atoms with Gasteiger partial charge in [-0.2, -0.15) is 17.9 Å². The highest BCUT2D eigenvalue weighted by molar-refractivity contribution is 7.89. The van der Waals surface area contributed by atoms with Gasteiger partial charge in [0.05, 0.1) is 22.7 Å². The maximum absolute atomic E-state index is 13.5. The van der Waals surface area contributed by atoms with Crippen LogP contribution in [-0.4, -0.2) is 23.5 Å². The number of halogens is 1. The minimum atomic E-state index is -3.92. The van der Waals surface area contributed by atoms with Gasteiger partial charge in [-0.3, -0.25) is 0 Å². The third-order valence-corrected chi connectivity index (χ3v) is 7.35. The summed E-state index contributed by atoms with van der Waals surface area (Å²) < 4.78 is 33.6. The largest absolute Gasteiger partial charge is 0.463 e. The highest BCUT2D eigenvalue weighted by Gasteiger charge is 2.39. The minimum Gasteiger partial charge on any atom is -0.463 e. The number of hydrogen-bond acceptors (Lipinski definition) is 5. The molecule has 0 saturated heterocycles. The summed E-state index contributed by atoms with van der Waals surface area (Å²) in [4.78, 5) is 4.72. The molecule has 1 aliphatic rings. The Balaban J connectivity index is 1.67. The van der Waals surface area contributed by atoms with Gasteiger partial charge >= 0.3 is 0 Å². The predicted octanol–water partition coefficient (Wildman–Crippen LogP) is 5.33. The summed E-state index contributed by atoms with van der Waals surface area (Å²) in [6.07, 6.45) is 1.85. The first-order valence-electron chi connectivity index (χ1n) is 9.72. The molecule has 0 spiro atoms. The molecule has 8 heteroatoms. The second kappa shape index (κ2) is 7.51. The van der Waals surface area contributed by atoms with E-state index in [1.807, 2.05) is 31.2 Å². The number of nitrogens with zero attached hydrogens (tertiary/aromatic N) is 3. The minimum absolute atomic E-state index is 0.158. The Hall–Kier alpha value is -3.16. The summed E-state index contributed by atoms with van der Waals surface area (Å²) in [6, 6.07) is 18.8. The summed E-state index contributed by atoms with van der Waals surface area (Å²) in [7, 11) is -3.92. The second-order valence-electron chi connectivity index (χ2n) is 7.35. The third kappa shape index (κ3) is 3.40. The van der Waals surface area contributed by atoms with Crippen molar-refractivity contribution in [3.63, 3.8) is 0 Å². The summed E-state index contributed by atoms with van der Waals surface area (Å²) >= 11 is 6.58. The van der Waals surface area contributed by atoms with E-state index in [-0.39, 0.29) is 10.0 Å². The molecule has 4 aromatic rings. The Bertz CT molecular complexity index is 1400. The average molecular weight is 452 g/mol. The van der Waals surface area contributed by atoms with E-state index >= 15 is 0 Å². The van der Waals surface area contributed by atoms with Gasteiger partial charge in [0.2, 0.25) is 0 Å². The number of benzene rings is 2. The molecule has 0 saturated carbocycles. The topological polar surface area (TPSA) is 75.8 Å². The van der Waals surface area contributed by atoms with Gasteiger partial charge in [0.15, 0.2) is 0 Å².